The van der Waals surface area contributed by atoms with Gasteiger partial charge in [0.15, 0.2) is 0 Å². The summed E-state index contributed by atoms with van der Waals surface area (Å²) in [5.41, 5.74) is 0. The van der Waals surface area contributed by atoms with Crippen LogP contribution in [-0.4, -0.2) is 6.61 Å². The van der Waals surface area contributed by atoms with Crippen molar-refractivity contribution in [3.8, 4) is 0 Å². The molecule has 0 unspecified atom stereocenters. The molecule has 0 aromatic heterocycles. The van der Waals surface area contributed by atoms with Gasteiger partial charge >= 0.3 is 6.07 Å². The second kappa shape index (κ2) is 4.85. The lowest BCUT2D eigenvalue weighted by Crippen LogP contribution is -2.11. The molecule has 0 N–H and O–H groups in total. The lowest BCUT2D eigenvalue weighted by molar-refractivity contribution is 0.219. The standard InChI is InChI=1S/C7H13Cl2O2P/c8-12(9,10)11-6-7-4-2-1-3-5-7/h7H,1-6H2. The lowest BCUT2D eigenvalue weighted by atomic mass is 9.90. The van der Waals surface area contributed by atoms with Crippen LogP contribution in [0.4, 0.5) is 0 Å². The van der Waals surface area contributed by atoms with Crippen molar-refractivity contribution in [2.45, 2.75) is 32.1 Å². The average Bonchev–Trinajstić information content (AvgIpc) is 2.02. The van der Waals surface area contributed by atoms with Gasteiger partial charge in [0, 0.05) is 0 Å². The van der Waals surface area contributed by atoms with Gasteiger partial charge in [-0.2, -0.15) is 0 Å². The predicted molar refractivity (Wildman–Crippen MR) is 51.8 cm³/mol. The highest BCUT2D eigenvalue weighted by Crippen LogP contribution is 2.58. The van der Waals surface area contributed by atoms with Gasteiger partial charge in [-0.05, 0) is 41.2 Å². The molecule has 72 valence electrons. The fraction of sp³-hybridized carbons (Fsp3) is 1.00. The Hall–Kier alpha value is 0.770. The Morgan fingerprint density at radius 2 is 1.83 bits per heavy atom. The second-order valence-corrected chi connectivity index (χ2v) is 7.49. The van der Waals surface area contributed by atoms with Crippen molar-refractivity contribution in [2.75, 3.05) is 6.61 Å². The Labute approximate surface area is 82.6 Å². The molecule has 0 saturated heterocycles. The fourth-order valence-corrected chi connectivity index (χ4v) is 2.27. The molecule has 0 heterocycles. The van der Waals surface area contributed by atoms with Gasteiger partial charge in [-0.25, -0.2) is 0 Å². The second-order valence-electron chi connectivity index (χ2n) is 3.21. The van der Waals surface area contributed by atoms with Crippen molar-refractivity contribution in [3.05, 3.63) is 0 Å². The van der Waals surface area contributed by atoms with Crippen LogP contribution < -0.4 is 0 Å². The minimum atomic E-state index is -3.29. The molecule has 0 amide bonds. The first kappa shape index (κ1) is 10.8. The summed E-state index contributed by atoms with van der Waals surface area (Å²) < 4.78 is 15.6. The SMILES string of the molecule is O=P(Cl)(Cl)OCC1CCCCC1. The van der Waals surface area contributed by atoms with Gasteiger partial charge in [0.1, 0.15) is 0 Å². The Morgan fingerprint density at radius 1 is 1.25 bits per heavy atom. The zero-order valence-corrected chi connectivity index (χ0v) is 9.25. The molecule has 5 heteroatoms. The van der Waals surface area contributed by atoms with Crippen molar-refractivity contribution in [1.29, 1.82) is 0 Å². The summed E-state index contributed by atoms with van der Waals surface area (Å²) in [6.45, 7) is 0.449. The van der Waals surface area contributed by atoms with Crippen molar-refractivity contribution in [1.82, 2.24) is 0 Å². The van der Waals surface area contributed by atoms with Crippen LogP contribution in [0.1, 0.15) is 32.1 Å². The molecule has 1 aliphatic rings. The van der Waals surface area contributed by atoms with Gasteiger partial charge in [0.05, 0.1) is 6.61 Å². The number of rotatable bonds is 3. The molecule has 12 heavy (non-hydrogen) atoms. The maximum Gasteiger partial charge on any atom is 0.380 e. The van der Waals surface area contributed by atoms with Gasteiger partial charge < -0.3 is 4.52 Å². The molecule has 0 bridgehead atoms. The van der Waals surface area contributed by atoms with Crippen molar-refractivity contribution < 1.29 is 9.09 Å². The van der Waals surface area contributed by atoms with E-state index < -0.39 is 6.07 Å². The van der Waals surface area contributed by atoms with E-state index in [9.17, 15) is 4.57 Å². The molecule has 0 aromatic carbocycles. The predicted octanol–water partition coefficient (Wildman–Crippen LogP) is 4.17. The van der Waals surface area contributed by atoms with Crippen LogP contribution in [0.15, 0.2) is 0 Å². The first-order chi connectivity index (χ1) is 5.58. The van der Waals surface area contributed by atoms with Crippen LogP contribution in [0.3, 0.4) is 0 Å². The van der Waals surface area contributed by atoms with Crippen LogP contribution in [0.5, 0.6) is 0 Å². The van der Waals surface area contributed by atoms with E-state index in [1.165, 1.54) is 19.3 Å². The van der Waals surface area contributed by atoms with E-state index in [1.807, 2.05) is 0 Å². The Bertz CT molecular complexity index is 174. The zero-order chi connectivity index (χ0) is 9.03. The first-order valence-electron chi connectivity index (χ1n) is 4.22. The Balaban J connectivity index is 2.17. The van der Waals surface area contributed by atoms with Crippen LogP contribution in [0.25, 0.3) is 0 Å². The Kier molecular flexibility index (Phi) is 4.39. The Morgan fingerprint density at radius 3 is 2.33 bits per heavy atom. The van der Waals surface area contributed by atoms with Gasteiger partial charge in [0.25, 0.3) is 0 Å². The summed E-state index contributed by atoms with van der Waals surface area (Å²) in [7, 11) is 0. The average molecular weight is 231 g/mol. The maximum atomic E-state index is 10.8. The largest absolute Gasteiger partial charge is 0.380 e. The molecule has 0 aromatic rings. The van der Waals surface area contributed by atoms with Crippen molar-refractivity contribution in [2.24, 2.45) is 5.92 Å². The summed E-state index contributed by atoms with van der Waals surface area (Å²) in [4.78, 5) is 0. The molecule has 1 fully saturated rings. The zero-order valence-electron chi connectivity index (χ0n) is 6.84. The third kappa shape index (κ3) is 4.71. The van der Waals surface area contributed by atoms with E-state index in [0.29, 0.717) is 12.5 Å². The molecule has 0 radical (unpaired) electrons. The van der Waals surface area contributed by atoms with Crippen LogP contribution >= 0.6 is 28.6 Å². The van der Waals surface area contributed by atoms with E-state index in [2.05, 4.69) is 0 Å². The van der Waals surface area contributed by atoms with Gasteiger partial charge in [-0.1, -0.05) is 19.3 Å². The molecule has 0 spiro atoms. The fourth-order valence-electron chi connectivity index (χ4n) is 1.55. The molecule has 1 aliphatic carbocycles. The molecule has 1 saturated carbocycles. The summed E-state index contributed by atoms with van der Waals surface area (Å²) in [6.07, 6.45) is 2.78. The van der Waals surface area contributed by atoms with Crippen LogP contribution in [0.2, 0.25) is 0 Å². The topological polar surface area (TPSA) is 26.3 Å². The van der Waals surface area contributed by atoms with Crippen LogP contribution in [-0.2, 0) is 9.09 Å². The minimum Gasteiger partial charge on any atom is -0.306 e. The van der Waals surface area contributed by atoms with Crippen LogP contribution in [0, 0.1) is 5.92 Å². The molecular weight excluding hydrogens is 218 g/mol. The lowest BCUT2D eigenvalue weighted by Gasteiger charge is -2.21. The highest BCUT2D eigenvalue weighted by Gasteiger charge is 2.19. The molecule has 1 rings (SSSR count). The normalized spacial score (nSPS) is 21.2. The highest BCUT2D eigenvalue weighted by molar-refractivity contribution is 8.05. The number of hydrogen-bond donors (Lipinski definition) is 0. The summed E-state index contributed by atoms with van der Waals surface area (Å²) in [5, 5.41) is 0. The van der Waals surface area contributed by atoms with Gasteiger partial charge in [-0.3, -0.25) is 4.57 Å². The van der Waals surface area contributed by atoms with E-state index >= 15 is 0 Å². The first-order valence-corrected chi connectivity index (χ1v) is 7.65. The molecule has 2 nitrogen and oxygen atoms in total. The summed E-state index contributed by atoms with van der Waals surface area (Å²) in [6, 6.07) is 0. The van der Waals surface area contributed by atoms with E-state index in [-0.39, 0.29) is 0 Å². The van der Waals surface area contributed by atoms with Crippen molar-refractivity contribution >= 4 is 28.6 Å². The quantitative estimate of drug-likeness (QED) is 0.681. The molecule has 0 atom stereocenters. The van der Waals surface area contributed by atoms with Gasteiger partial charge in [-0.15, -0.1) is 0 Å². The summed E-state index contributed by atoms with van der Waals surface area (Å²) >= 11 is 10.5. The van der Waals surface area contributed by atoms with E-state index in [4.69, 9.17) is 27.0 Å². The number of hydrogen-bond acceptors (Lipinski definition) is 2. The maximum absolute atomic E-state index is 10.8. The third-order valence-electron chi connectivity index (χ3n) is 2.19. The van der Waals surface area contributed by atoms with Gasteiger partial charge in [0.2, 0.25) is 0 Å². The number of halogens is 2. The van der Waals surface area contributed by atoms with E-state index in [0.717, 1.165) is 12.8 Å². The van der Waals surface area contributed by atoms with Crippen molar-refractivity contribution in [3.63, 3.8) is 0 Å². The molecule has 0 aliphatic heterocycles. The minimum absolute atomic E-state index is 0.449. The smallest absolute Gasteiger partial charge is 0.306 e. The monoisotopic (exact) mass is 230 g/mol. The highest BCUT2D eigenvalue weighted by atomic mass is 35.9. The third-order valence-corrected chi connectivity index (χ3v) is 3.22. The van der Waals surface area contributed by atoms with E-state index in [1.54, 1.807) is 0 Å². The summed E-state index contributed by atoms with van der Waals surface area (Å²) in [5.74, 6) is 0.504. The molecular formula is C7H13Cl2O2P.